The molecule has 0 aliphatic carbocycles. The molecule has 0 amide bonds. The highest BCUT2D eigenvalue weighted by Crippen LogP contribution is 2.20. The minimum Gasteiger partial charge on any atom is -0.299 e. The van der Waals surface area contributed by atoms with Gasteiger partial charge in [-0.15, -0.1) is 0 Å². The molecule has 92 valence electrons. The second kappa shape index (κ2) is 8.74. The van der Waals surface area contributed by atoms with Crippen LogP contribution in [0.1, 0.15) is 51.0 Å². The summed E-state index contributed by atoms with van der Waals surface area (Å²) in [5.41, 5.74) is 2.34. The zero-order valence-electron chi connectivity index (χ0n) is 10.7. The summed E-state index contributed by atoms with van der Waals surface area (Å²) in [6, 6.07) is 10.2. The van der Waals surface area contributed by atoms with Gasteiger partial charge in [0.2, 0.25) is 0 Å². The molecule has 1 rings (SSSR count). The van der Waals surface area contributed by atoms with Crippen molar-refractivity contribution in [2.45, 2.75) is 45.4 Å². The van der Waals surface area contributed by atoms with Crippen LogP contribution in [0.3, 0.4) is 0 Å². The predicted molar refractivity (Wildman–Crippen MR) is 73.9 cm³/mol. The molecule has 0 spiro atoms. The standard InChI is InChI=1S/C16H22O/c1-2-3-4-5-7-12-16(13-14-17)15-10-8-6-9-11-15/h6,8-11,13-14H,2-5,7,12H2,1H3. The van der Waals surface area contributed by atoms with Gasteiger partial charge in [-0.25, -0.2) is 0 Å². The summed E-state index contributed by atoms with van der Waals surface area (Å²) < 4.78 is 0. The second-order valence-corrected chi connectivity index (χ2v) is 4.36. The first-order valence-electron chi connectivity index (χ1n) is 6.58. The molecule has 0 radical (unpaired) electrons. The molecular formula is C16H22O. The Morgan fingerprint density at radius 3 is 2.41 bits per heavy atom. The van der Waals surface area contributed by atoms with Gasteiger partial charge in [-0.1, -0.05) is 62.9 Å². The molecule has 1 nitrogen and oxygen atoms in total. The van der Waals surface area contributed by atoms with Crippen LogP contribution in [0.5, 0.6) is 0 Å². The maximum Gasteiger partial charge on any atom is 0.143 e. The number of allylic oxidation sites excluding steroid dienone is 2. The number of hydrogen-bond acceptors (Lipinski definition) is 1. The molecule has 0 aliphatic rings. The minimum absolute atomic E-state index is 0.897. The van der Waals surface area contributed by atoms with Gasteiger partial charge in [0, 0.05) is 0 Å². The van der Waals surface area contributed by atoms with Crippen LogP contribution in [0, 0.1) is 0 Å². The highest BCUT2D eigenvalue weighted by atomic mass is 16.1. The van der Waals surface area contributed by atoms with Gasteiger partial charge in [0.1, 0.15) is 6.29 Å². The molecule has 0 bridgehead atoms. The lowest BCUT2D eigenvalue weighted by atomic mass is 9.99. The van der Waals surface area contributed by atoms with Gasteiger partial charge in [-0.05, 0) is 30.1 Å². The average Bonchev–Trinajstić information content (AvgIpc) is 2.38. The van der Waals surface area contributed by atoms with Gasteiger partial charge in [0.15, 0.2) is 0 Å². The van der Waals surface area contributed by atoms with Crippen LogP contribution in [-0.4, -0.2) is 6.29 Å². The highest BCUT2D eigenvalue weighted by Gasteiger charge is 2.00. The van der Waals surface area contributed by atoms with Crippen LogP contribution in [-0.2, 0) is 4.79 Å². The summed E-state index contributed by atoms with van der Waals surface area (Å²) in [4.78, 5) is 10.6. The van der Waals surface area contributed by atoms with Gasteiger partial charge in [0.05, 0.1) is 0 Å². The summed E-state index contributed by atoms with van der Waals surface area (Å²) in [5, 5.41) is 0. The van der Waals surface area contributed by atoms with Crippen LogP contribution in [0.2, 0.25) is 0 Å². The lowest BCUT2D eigenvalue weighted by Gasteiger charge is -2.06. The summed E-state index contributed by atoms with van der Waals surface area (Å²) >= 11 is 0. The van der Waals surface area contributed by atoms with E-state index in [0.717, 1.165) is 18.3 Å². The number of carbonyl (C=O) groups excluding carboxylic acids is 1. The van der Waals surface area contributed by atoms with Gasteiger partial charge in [-0.3, -0.25) is 4.79 Å². The zero-order valence-corrected chi connectivity index (χ0v) is 10.7. The number of rotatable bonds is 8. The van der Waals surface area contributed by atoms with E-state index in [1.807, 2.05) is 18.2 Å². The van der Waals surface area contributed by atoms with E-state index in [0.29, 0.717) is 0 Å². The molecule has 0 fully saturated rings. The number of carbonyl (C=O) groups is 1. The molecule has 0 saturated carbocycles. The Labute approximate surface area is 105 Å². The van der Waals surface area contributed by atoms with Crippen molar-refractivity contribution in [3.8, 4) is 0 Å². The third-order valence-corrected chi connectivity index (χ3v) is 2.96. The highest BCUT2D eigenvalue weighted by molar-refractivity contribution is 5.81. The Balaban J connectivity index is 2.45. The maximum absolute atomic E-state index is 10.6. The van der Waals surface area contributed by atoms with E-state index < -0.39 is 0 Å². The minimum atomic E-state index is 0.897. The van der Waals surface area contributed by atoms with Crippen molar-refractivity contribution in [3.63, 3.8) is 0 Å². The Kier molecular flexibility index (Phi) is 7.04. The van der Waals surface area contributed by atoms with Crippen LogP contribution < -0.4 is 0 Å². The topological polar surface area (TPSA) is 17.1 Å². The molecule has 0 aromatic heterocycles. The maximum atomic E-state index is 10.6. The average molecular weight is 230 g/mol. The van der Waals surface area contributed by atoms with Crippen molar-refractivity contribution >= 4 is 11.9 Å². The van der Waals surface area contributed by atoms with Crippen LogP contribution >= 0.6 is 0 Å². The summed E-state index contributed by atoms with van der Waals surface area (Å²) in [7, 11) is 0. The largest absolute Gasteiger partial charge is 0.299 e. The first-order chi connectivity index (χ1) is 8.38. The van der Waals surface area contributed by atoms with E-state index in [2.05, 4.69) is 19.1 Å². The number of unbranched alkanes of at least 4 members (excludes halogenated alkanes) is 4. The Bertz CT molecular complexity index is 338. The van der Waals surface area contributed by atoms with Crippen molar-refractivity contribution in [1.29, 1.82) is 0 Å². The summed E-state index contributed by atoms with van der Waals surface area (Å²) in [6.07, 6.45) is 9.94. The van der Waals surface area contributed by atoms with Crippen molar-refractivity contribution in [2.24, 2.45) is 0 Å². The first kappa shape index (κ1) is 13.7. The molecule has 17 heavy (non-hydrogen) atoms. The van der Waals surface area contributed by atoms with E-state index in [-0.39, 0.29) is 0 Å². The molecular weight excluding hydrogens is 208 g/mol. The van der Waals surface area contributed by atoms with Gasteiger partial charge in [-0.2, -0.15) is 0 Å². The molecule has 0 saturated heterocycles. The van der Waals surface area contributed by atoms with Gasteiger partial charge in [0.25, 0.3) is 0 Å². The molecule has 1 aromatic carbocycles. The lowest BCUT2D eigenvalue weighted by Crippen LogP contribution is -1.87. The molecule has 0 unspecified atom stereocenters. The van der Waals surface area contributed by atoms with E-state index in [1.165, 1.54) is 37.7 Å². The molecule has 1 aromatic rings. The van der Waals surface area contributed by atoms with Crippen molar-refractivity contribution in [1.82, 2.24) is 0 Å². The van der Waals surface area contributed by atoms with Crippen LogP contribution in [0.4, 0.5) is 0 Å². The monoisotopic (exact) mass is 230 g/mol. The smallest absolute Gasteiger partial charge is 0.143 e. The molecule has 1 heteroatoms. The number of aldehydes is 1. The predicted octanol–water partition coefficient (Wildman–Crippen LogP) is 4.63. The van der Waals surface area contributed by atoms with E-state index in [9.17, 15) is 4.79 Å². The SMILES string of the molecule is CCCCCCCC(=CC=O)c1ccccc1. The fourth-order valence-electron chi connectivity index (χ4n) is 1.98. The second-order valence-electron chi connectivity index (χ2n) is 4.36. The van der Waals surface area contributed by atoms with Gasteiger partial charge < -0.3 is 0 Å². The van der Waals surface area contributed by atoms with Crippen molar-refractivity contribution in [2.75, 3.05) is 0 Å². The summed E-state index contributed by atoms with van der Waals surface area (Å²) in [6.45, 7) is 2.22. The van der Waals surface area contributed by atoms with E-state index >= 15 is 0 Å². The molecule has 0 heterocycles. The fraction of sp³-hybridized carbons (Fsp3) is 0.438. The van der Waals surface area contributed by atoms with Gasteiger partial charge >= 0.3 is 0 Å². The third kappa shape index (κ3) is 5.48. The molecule has 0 aliphatic heterocycles. The van der Waals surface area contributed by atoms with Crippen molar-refractivity contribution in [3.05, 3.63) is 42.0 Å². The van der Waals surface area contributed by atoms with E-state index in [4.69, 9.17) is 0 Å². The Morgan fingerprint density at radius 1 is 1.06 bits per heavy atom. The lowest BCUT2D eigenvalue weighted by molar-refractivity contribution is -0.104. The first-order valence-corrected chi connectivity index (χ1v) is 6.58. The fourth-order valence-corrected chi connectivity index (χ4v) is 1.98. The van der Waals surface area contributed by atoms with E-state index in [1.54, 1.807) is 6.08 Å². The quantitative estimate of drug-likeness (QED) is 0.361. The van der Waals surface area contributed by atoms with Crippen LogP contribution in [0.25, 0.3) is 5.57 Å². The Hall–Kier alpha value is -1.37. The van der Waals surface area contributed by atoms with Crippen LogP contribution in [0.15, 0.2) is 36.4 Å². The normalized spacial score (nSPS) is 11.5. The molecule has 0 atom stereocenters. The summed E-state index contributed by atoms with van der Waals surface area (Å²) in [5.74, 6) is 0. The van der Waals surface area contributed by atoms with Crippen molar-refractivity contribution < 1.29 is 4.79 Å². The number of benzene rings is 1. The molecule has 0 N–H and O–H groups in total. The Morgan fingerprint density at radius 2 is 1.76 bits per heavy atom. The zero-order chi connectivity index (χ0) is 12.3. The third-order valence-electron chi connectivity index (χ3n) is 2.96. The number of hydrogen-bond donors (Lipinski definition) is 0.